The van der Waals surface area contributed by atoms with Gasteiger partial charge in [0.15, 0.2) is 0 Å². The fourth-order valence-electron chi connectivity index (χ4n) is 1.89. The van der Waals surface area contributed by atoms with Gasteiger partial charge in [0.1, 0.15) is 11.6 Å². The van der Waals surface area contributed by atoms with E-state index in [4.69, 9.17) is 15.6 Å². The summed E-state index contributed by atoms with van der Waals surface area (Å²) in [7, 11) is 0. The van der Waals surface area contributed by atoms with Gasteiger partial charge in [-0.05, 0) is 20.8 Å². The van der Waals surface area contributed by atoms with Gasteiger partial charge in [0.2, 0.25) is 5.91 Å². The lowest BCUT2D eigenvalue weighted by molar-refractivity contribution is -0.148. The van der Waals surface area contributed by atoms with Crippen LogP contribution in [0.5, 0.6) is 0 Å². The minimum atomic E-state index is -1.19. The fourth-order valence-corrected chi connectivity index (χ4v) is 1.89. The molecule has 0 spiro atoms. The number of ether oxygens (including phenoxy) is 1. The molecule has 1 aliphatic rings. The number of amides is 2. The third-order valence-corrected chi connectivity index (χ3v) is 2.69. The normalized spacial score (nSPS) is 20.7. The van der Waals surface area contributed by atoms with Crippen LogP contribution in [0.3, 0.4) is 0 Å². The monoisotopic (exact) mass is 287 g/mol. The number of carboxylic acids is 1. The van der Waals surface area contributed by atoms with E-state index in [-0.39, 0.29) is 31.5 Å². The fraction of sp³-hybridized carbons (Fsp3) is 0.750. The number of carbonyl (C=O) groups is 3. The molecule has 0 saturated carbocycles. The molecule has 8 heteroatoms. The lowest BCUT2D eigenvalue weighted by Crippen LogP contribution is -2.50. The van der Waals surface area contributed by atoms with E-state index in [9.17, 15) is 14.4 Å². The molecule has 0 radical (unpaired) electrons. The van der Waals surface area contributed by atoms with E-state index in [1.807, 2.05) is 0 Å². The van der Waals surface area contributed by atoms with Crippen LogP contribution in [-0.4, -0.2) is 58.8 Å². The number of likely N-dealkylation sites (tertiary alicyclic amines) is 1. The second kappa shape index (κ2) is 6.08. The van der Waals surface area contributed by atoms with Crippen molar-refractivity contribution in [1.82, 2.24) is 10.2 Å². The van der Waals surface area contributed by atoms with Gasteiger partial charge in [0, 0.05) is 19.0 Å². The second-order valence-corrected chi connectivity index (χ2v) is 5.75. The van der Waals surface area contributed by atoms with E-state index in [0.717, 1.165) is 0 Å². The largest absolute Gasteiger partial charge is 0.480 e. The molecular formula is C12H21N3O5. The van der Waals surface area contributed by atoms with Crippen molar-refractivity contribution in [3.8, 4) is 0 Å². The first-order chi connectivity index (χ1) is 9.10. The standard InChI is InChI=1S/C12H21N3O5/c1-12(2,3)20-11(19)14-5-8(10(17)18)15-6-7(13)4-9(15)16/h7-8H,4-6,13H2,1-3H3,(H,14,19)(H,17,18)/t7?,8-/m1/s1. The zero-order valence-electron chi connectivity index (χ0n) is 11.9. The Kier molecular flexibility index (Phi) is 4.93. The molecule has 114 valence electrons. The molecule has 1 fully saturated rings. The third-order valence-electron chi connectivity index (χ3n) is 2.69. The molecule has 0 aromatic rings. The molecule has 1 rings (SSSR count). The number of hydrogen-bond donors (Lipinski definition) is 3. The Labute approximate surface area is 117 Å². The van der Waals surface area contributed by atoms with Gasteiger partial charge in [-0.2, -0.15) is 0 Å². The highest BCUT2D eigenvalue weighted by Gasteiger charge is 2.36. The molecule has 2 atom stereocenters. The Hall–Kier alpha value is -1.83. The minimum Gasteiger partial charge on any atom is -0.480 e. The summed E-state index contributed by atoms with van der Waals surface area (Å²) >= 11 is 0. The van der Waals surface area contributed by atoms with Crippen LogP contribution in [0.25, 0.3) is 0 Å². The van der Waals surface area contributed by atoms with Crippen LogP contribution in [0.15, 0.2) is 0 Å². The van der Waals surface area contributed by atoms with Gasteiger partial charge < -0.3 is 25.8 Å². The number of nitrogens with zero attached hydrogens (tertiary/aromatic N) is 1. The molecule has 0 bridgehead atoms. The van der Waals surface area contributed by atoms with Crippen molar-refractivity contribution >= 4 is 18.0 Å². The van der Waals surface area contributed by atoms with E-state index in [0.29, 0.717) is 0 Å². The Bertz CT molecular complexity index is 404. The van der Waals surface area contributed by atoms with E-state index in [1.165, 1.54) is 4.90 Å². The number of rotatable bonds is 4. The van der Waals surface area contributed by atoms with Crippen molar-refractivity contribution in [3.63, 3.8) is 0 Å². The molecule has 0 aromatic heterocycles. The summed E-state index contributed by atoms with van der Waals surface area (Å²) in [6.07, 6.45) is -0.601. The van der Waals surface area contributed by atoms with Gasteiger partial charge >= 0.3 is 12.1 Å². The maximum absolute atomic E-state index is 11.6. The lowest BCUT2D eigenvalue weighted by Gasteiger charge is -2.25. The van der Waals surface area contributed by atoms with Crippen LogP contribution in [0, 0.1) is 0 Å². The van der Waals surface area contributed by atoms with E-state index in [1.54, 1.807) is 20.8 Å². The Morgan fingerprint density at radius 3 is 2.55 bits per heavy atom. The molecule has 1 unspecified atom stereocenters. The predicted molar refractivity (Wildman–Crippen MR) is 70.0 cm³/mol. The predicted octanol–water partition coefficient (Wildman–Crippen LogP) is -0.476. The molecular weight excluding hydrogens is 266 g/mol. The molecule has 1 heterocycles. The number of aliphatic carboxylic acids is 1. The Balaban J connectivity index is 2.59. The molecule has 1 saturated heterocycles. The van der Waals surface area contributed by atoms with Gasteiger partial charge in [0.05, 0.1) is 6.54 Å². The number of nitrogens with two attached hydrogens (primary N) is 1. The average Bonchev–Trinajstić information content (AvgIpc) is 2.55. The van der Waals surface area contributed by atoms with Gasteiger partial charge in [0.25, 0.3) is 0 Å². The van der Waals surface area contributed by atoms with Crippen molar-refractivity contribution in [3.05, 3.63) is 0 Å². The van der Waals surface area contributed by atoms with Gasteiger partial charge in [-0.3, -0.25) is 4.79 Å². The molecule has 8 nitrogen and oxygen atoms in total. The molecule has 20 heavy (non-hydrogen) atoms. The highest BCUT2D eigenvalue weighted by molar-refractivity contribution is 5.86. The highest BCUT2D eigenvalue weighted by atomic mass is 16.6. The highest BCUT2D eigenvalue weighted by Crippen LogP contribution is 2.13. The van der Waals surface area contributed by atoms with Gasteiger partial charge in [-0.25, -0.2) is 9.59 Å². The van der Waals surface area contributed by atoms with Crippen LogP contribution in [0.4, 0.5) is 4.79 Å². The number of hydrogen-bond acceptors (Lipinski definition) is 5. The van der Waals surface area contributed by atoms with Gasteiger partial charge in [-0.15, -0.1) is 0 Å². The molecule has 0 aliphatic carbocycles. The molecule has 1 aliphatic heterocycles. The van der Waals surface area contributed by atoms with Crippen molar-refractivity contribution in [1.29, 1.82) is 0 Å². The summed E-state index contributed by atoms with van der Waals surface area (Å²) in [5.41, 5.74) is 4.95. The summed E-state index contributed by atoms with van der Waals surface area (Å²) in [6, 6.07) is -1.51. The summed E-state index contributed by atoms with van der Waals surface area (Å²) in [5.74, 6) is -1.51. The number of carbonyl (C=O) groups excluding carboxylic acids is 2. The van der Waals surface area contributed by atoms with E-state index in [2.05, 4.69) is 5.32 Å². The van der Waals surface area contributed by atoms with E-state index < -0.39 is 23.7 Å². The summed E-state index contributed by atoms with van der Waals surface area (Å²) in [6.45, 7) is 5.05. The topological polar surface area (TPSA) is 122 Å². The number of alkyl carbamates (subject to hydrolysis) is 1. The lowest BCUT2D eigenvalue weighted by atomic mass is 10.2. The Morgan fingerprint density at radius 1 is 1.55 bits per heavy atom. The van der Waals surface area contributed by atoms with E-state index >= 15 is 0 Å². The number of carboxylic acid groups (broad SMARTS) is 1. The van der Waals surface area contributed by atoms with Crippen molar-refractivity contribution < 1.29 is 24.2 Å². The average molecular weight is 287 g/mol. The van der Waals surface area contributed by atoms with Crippen LogP contribution in [0.1, 0.15) is 27.2 Å². The summed E-state index contributed by atoms with van der Waals surface area (Å²) in [5, 5.41) is 11.5. The zero-order chi connectivity index (χ0) is 15.5. The number of nitrogens with one attached hydrogen (secondary N) is 1. The first-order valence-corrected chi connectivity index (χ1v) is 6.35. The molecule has 2 amide bonds. The Morgan fingerprint density at radius 2 is 2.15 bits per heavy atom. The summed E-state index contributed by atoms with van der Waals surface area (Å²) in [4.78, 5) is 35.5. The smallest absolute Gasteiger partial charge is 0.407 e. The van der Waals surface area contributed by atoms with Crippen LogP contribution in [0.2, 0.25) is 0 Å². The second-order valence-electron chi connectivity index (χ2n) is 5.75. The SMILES string of the molecule is CC(C)(C)OC(=O)NC[C@H](C(=O)O)N1CC(N)CC1=O. The molecule has 0 aromatic carbocycles. The minimum absolute atomic E-state index is 0.121. The van der Waals surface area contributed by atoms with Gasteiger partial charge in [-0.1, -0.05) is 0 Å². The first-order valence-electron chi connectivity index (χ1n) is 6.35. The maximum Gasteiger partial charge on any atom is 0.407 e. The molecule has 4 N–H and O–H groups in total. The van der Waals surface area contributed by atoms with Crippen molar-refractivity contribution in [2.45, 2.75) is 44.9 Å². The first kappa shape index (κ1) is 16.2. The maximum atomic E-state index is 11.6. The van der Waals surface area contributed by atoms with Crippen LogP contribution < -0.4 is 11.1 Å². The summed E-state index contributed by atoms with van der Waals surface area (Å²) < 4.78 is 5.01. The van der Waals surface area contributed by atoms with Crippen LogP contribution >= 0.6 is 0 Å². The third kappa shape index (κ3) is 4.69. The quantitative estimate of drug-likeness (QED) is 0.642. The van der Waals surface area contributed by atoms with Crippen LogP contribution in [-0.2, 0) is 14.3 Å². The van der Waals surface area contributed by atoms with Crippen molar-refractivity contribution in [2.75, 3.05) is 13.1 Å². The zero-order valence-corrected chi connectivity index (χ0v) is 11.9. The van der Waals surface area contributed by atoms with Crippen molar-refractivity contribution in [2.24, 2.45) is 5.73 Å².